The third kappa shape index (κ3) is 3.49. The van der Waals surface area contributed by atoms with Gasteiger partial charge in [0.2, 0.25) is 0 Å². The van der Waals surface area contributed by atoms with Gasteiger partial charge in [-0.05, 0) is 18.1 Å². The summed E-state index contributed by atoms with van der Waals surface area (Å²) in [6.07, 6.45) is 0.639. The van der Waals surface area contributed by atoms with Gasteiger partial charge in [0, 0.05) is 41.9 Å². The highest BCUT2D eigenvalue weighted by molar-refractivity contribution is 6.36. The number of methoxy groups -OCH3 is 1. The van der Waals surface area contributed by atoms with Gasteiger partial charge in [-0.25, -0.2) is 0 Å². The van der Waals surface area contributed by atoms with E-state index in [4.69, 9.17) is 9.47 Å². The maximum absolute atomic E-state index is 12.6. The first-order valence-corrected chi connectivity index (χ1v) is 10.4. The number of aliphatic hydroxyl groups is 1. The summed E-state index contributed by atoms with van der Waals surface area (Å²) in [6.45, 7) is 1.55. The van der Waals surface area contributed by atoms with Crippen LogP contribution in [0.25, 0.3) is 11.3 Å². The van der Waals surface area contributed by atoms with Gasteiger partial charge in [0.15, 0.2) is 0 Å². The molecule has 3 aliphatic rings. The second kappa shape index (κ2) is 7.83. The van der Waals surface area contributed by atoms with E-state index in [9.17, 15) is 14.7 Å². The zero-order valence-corrected chi connectivity index (χ0v) is 17.3. The van der Waals surface area contributed by atoms with E-state index in [1.807, 2.05) is 41.3 Å². The number of ether oxygens (including phenoxy) is 2. The van der Waals surface area contributed by atoms with Crippen molar-refractivity contribution in [2.75, 3.05) is 25.5 Å². The molecule has 7 heteroatoms. The van der Waals surface area contributed by atoms with Gasteiger partial charge in [-0.15, -0.1) is 0 Å². The van der Waals surface area contributed by atoms with Gasteiger partial charge in [0.25, 0.3) is 5.91 Å². The van der Waals surface area contributed by atoms with Crippen molar-refractivity contribution in [2.24, 2.45) is 0 Å². The fourth-order valence-corrected chi connectivity index (χ4v) is 4.70. The first-order chi connectivity index (χ1) is 15.0. The SMILES string of the molecule is COC(=O)C1CC(O)CN1CCc1ccc2c(c1)CO/C2=C1/C(=O)Nc2ccccc21. The third-order valence-corrected chi connectivity index (χ3v) is 6.23. The van der Waals surface area contributed by atoms with E-state index < -0.39 is 12.1 Å². The number of rotatable bonds is 4. The number of esters is 1. The Hall–Kier alpha value is -3.16. The zero-order valence-electron chi connectivity index (χ0n) is 17.3. The van der Waals surface area contributed by atoms with Crippen LogP contribution in [-0.2, 0) is 32.1 Å². The lowest BCUT2D eigenvalue weighted by molar-refractivity contribution is -0.145. The molecule has 0 bridgehead atoms. The number of fused-ring (bicyclic) bond motifs is 2. The van der Waals surface area contributed by atoms with Gasteiger partial charge in [-0.3, -0.25) is 14.5 Å². The summed E-state index contributed by atoms with van der Waals surface area (Å²) < 4.78 is 10.8. The number of anilines is 1. The van der Waals surface area contributed by atoms with E-state index in [1.54, 1.807) is 0 Å². The van der Waals surface area contributed by atoms with E-state index >= 15 is 0 Å². The highest BCUT2D eigenvalue weighted by atomic mass is 16.5. The van der Waals surface area contributed by atoms with E-state index in [-0.39, 0.29) is 11.9 Å². The van der Waals surface area contributed by atoms with E-state index in [2.05, 4.69) is 11.4 Å². The first kappa shape index (κ1) is 19.8. The summed E-state index contributed by atoms with van der Waals surface area (Å²) in [5.74, 6) is 0.178. The Morgan fingerprint density at radius 1 is 1.26 bits per heavy atom. The van der Waals surface area contributed by atoms with Gasteiger partial charge in [-0.1, -0.05) is 36.4 Å². The second-order valence-electron chi connectivity index (χ2n) is 8.16. The van der Waals surface area contributed by atoms with Gasteiger partial charge >= 0.3 is 5.97 Å². The lowest BCUT2D eigenvalue weighted by Crippen LogP contribution is -2.38. The molecular weight excluding hydrogens is 396 g/mol. The summed E-state index contributed by atoms with van der Waals surface area (Å²) >= 11 is 0. The average Bonchev–Trinajstić information content (AvgIpc) is 3.45. The Kier molecular flexibility index (Phi) is 5.00. The molecule has 0 aliphatic carbocycles. The molecule has 7 nitrogen and oxygen atoms in total. The number of amides is 1. The summed E-state index contributed by atoms with van der Waals surface area (Å²) in [7, 11) is 1.38. The van der Waals surface area contributed by atoms with E-state index in [1.165, 1.54) is 7.11 Å². The van der Waals surface area contributed by atoms with Crippen molar-refractivity contribution in [3.63, 3.8) is 0 Å². The van der Waals surface area contributed by atoms with Crippen LogP contribution in [0.2, 0.25) is 0 Å². The Morgan fingerprint density at radius 3 is 2.94 bits per heavy atom. The van der Waals surface area contributed by atoms with Crippen molar-refractivity contribution in [3.8, 4) is 0 Å². The number of likely N-dealkylation sites (tertiary alicyclic amines) is 1. The third-order valence-electron chi connectivity index (χ3n) is 6.23. The number of nitrogens with zero attached hydrogens (tertiary/aromatic N) is 1. The van der Waals surface area contributed by atoms with Crippen molar-refractivity contribution < 1.29 is 24.2 Å². The van der Waals surface area contributed by atoms with Crippen LogP contribution >= 0.6 is 0 Å². The molecule has 3 aliphatic heterocycles. The van der Waals surface area contributed by atoms with Crippen LogP contribution < -0.4 is 5.32 Å². The number of carbonyl (C=O) groups is 2. The molecule has 1 fully saturated rings. The Bertz CT molecular complexity index is 1090. The Labute approximate surface area is 180 Å². The molecule has 2 N–H and O–H groups in total. The number of benzene rings is 2. The predicted molar refractivity (Wildman–Crippen MR) is 115 cm³/mol. The topological polar surface area (TPSA) is 88.1 Å². The van der Waals surface area contributed by atoms with Gasteiger partial charge in [0.1, 0.15) is 18.4 Å². The normalized spacial score (nSPS) is 24.5. The van der Waals surface area contributed by atoms with Crippen molar-refractivity contribution >= 4 is 28.9 Å². The molecule has 31 heavy (non-hydrogen) atoms. The molecule has 2 unspecified atom stereocenters. The van der Waals surface area contributed by atoms with E-state index in [0.717, 1.165) is 34.4 Å². The lowest BCUT2D eigenvalue weighted by atomic mass is 9.98. The molecule has 3 heterocycles. The molecule has 160 valence electrons. The molecule has 2 atom stereocenters. The fourth-order valence-electron chi connectivity index (χ4n) is 4.70. The van der Waals surface area contributed by atoms with Crippen LogP contribution in [0.3, 0.4) is 0 Å². The van der Waals surface area contributed by atoms with Gasteiger partial charge in [0.05, 0.1) is 18.8 Å². The molecule has 0 saturated carbocycles. The molecule has 2 aromatic rings. The monoisotopic (exact) mass is 420 g/mol. The predicted octanol–water partition coefficient (Wildman–Crippen LogP) is 2.19. The highest BCUT2D eigenvalue weighted by Crippen LogP contribution is 2.41. The summed E-state index contributed by atoms with van der Waals surface area (Å²) in [6, 6.07) is 13.4. The minimum Gasteiger partial charge on any atom is -0.487 e. The molecule has 0 spiro atoms. The van der Waals surface area contributed by atoms with Crippen LogP contribution in [0, 0.1) is 0 Å². The summed E-state index contributed by atoms with van der Waals surface area (Å²) in [5.41, 5.74) is 5.35. The summed E-state index contributed by atoms with van der Waals surface area (Å²) in [5, 5.41) is 12.9. The van der Waals surface area contributed by atoms with Crippen LogP contribution in [0.1, 0.15) is 28.7 Å². The molecule has 1 amide bonds. The smallest absolute Gasteiger partial charge is 0.323 e. The molecule has 1 saturated heterocycles. The number of β-amino-alcohol motifs (C(OH)–C–C–N with tert-alkyl or cyclic N) is 1. The van der Waals surface area contributed by atoms with E-state index in [0.29, 0.717) is 37.4 Å². The second-order valence-corrected chi connectivity index (χ2v) is 8.16. The van der Waals surface area contributed by atoms with Crippen LogP contribution in [-0.4, -0.2) is 54.2 Å². The largest absolute Gasteiger partial charge is 0.487 e. The number of carbonyl (C=O) groups excluding carboxylic acids is 2. The van der Waals surface area contributed by atoms with Gasteiger partial charge in [-0.2, -0.15) is 0 Å². The molecule has 5 rings (SSSR count). The number of hydrogen-bond acceptors (Lipinski definition) is 6. The van der Waals surface area contributed by atoms with Gasteiger partial charge < -0.3 is 19.9 Å². The minimum absolute atomic E-state index is 0.144. The van der Waals surface area contributed by atoms with Crippen molar-refractivity contribution in [3.05, 3.63) is 64.7 Å². The molecule has 2 aromatic carbocycles. The Balaban J connectivity index is 1.36. The molecule has 0 aromatic heterocycles. The number of para-hydroxylation sites is 1. The number of aliphatic hydroxyl groups excluding tert-OH is 1. The minimum atomic E-state index is -0.507. The first-order valence-electron chi connectivity index (χ1n) is 10.4. The highest BCUT2D eigenvalue weighted by Gasteiger charge is 2.36. The quantitative estimate of drug-likeness (QED) is 0.582. The van der Waals surface area contributed by atoms with Crippen molar-refractivity contribution in [1.29, 1.82) is 0 Å². The summed E-state index contributed by atoms with van der Waals surface area (Å²) in [4.78, 5) is 26.5. The number of nitrogens with one attached hydrogen (secondary N) is 1. The Morgan fingerprint density at radius 2 is 2.10 bits per heavy atom. The van der Waals surface area contributed by atoms with Crippen molar-refractivity contribution in [2.45, 2.75) is 31.6 Å². The van der Waals surface area contributed by atoms with Crippen LogP contribution in [0.4, 0.5) is 5.69 Å². The maximum Gasteiger partial charge on any atom is 0.323 e. The fraction of sp³-hybridized carbons (Fsp3) is 0.333. The zero-order chi connectivity index (χ0) is 21.5. The standard InChI is InChI=1S/C24H24N2O5/c1-30-24(29)20-11-16(27)12-26(20)9-8-14-6-7-17-15(10-14)13-31-22(17)21-18-4-2-3-5-19(18)25-23(21)28/h2-7,10,16,20,27H,8-9,11-13H2,1H3,(H,25,28)/b22-21+. The molecular formula is C24H24N2O5. The average molecular weight is 420 g/mol. The number of hydrogen-bond donors (Lipinski definition) is 2. The van der Waals surface area contributed by atoms with Crippen LogP contribution in [0.5, 0.6) is 0 Å². The van der Waals surface area contributed by atoms with Crippen LogP contribution in [0.15, 0.2) is 42.5 Å². The maximum atomic E-state index is 12.6. The van der Waals surface area contributed by atoms with Crippen molar-refractivity contribution in [1.82, 2.24) is 4.90 Å². The molecule has 0 radical (unpaired) electrons. The lowest BCUT2D eigenvalue weighted by Gasteiger charge is -2.21.